The predicted octanol–water partition coefficient (Wildman–Crippen LogP) is 0.0265. The van der Waals surface area contributed by atoms with E-state index in [1.807, 2.05) is 6.08 Å². The molecule has 0 bridgehead atoms. The van der Waals surface area contributed by atoms with E-state index in [2.05, 4.69) is 10.2 Å². The molecule has 0 unspecified atom stereocenters. The molecule has 0 aromatic heterocycles. The lowest BCUT2D eigenvalue weighted by Gasteiger charge is -2.10. The highest BCUT2D eigenvalue weighted by Crippen LogP contribution is 1.99. The Hall–Kier alpha value is -0.243. The normalized spacial score (nSPS) is 19.0. The largest absolute Gasteiger partial charge is 0.500 e. The van der Waals surface area contributed by atoms with E-state index in [0.717, 1.165) is 12.0 Å². The third-order valence-corrected chi connectivity index (χ3v) is 0.856. The molecule has 0 N–H and O–H groups in total. The maximum Gasteiger partial charge on any atom is 0.125 e. The zero-order chi connectivity index (χ0) is 3.70. The fraction of sp³-hybridized carbons (Fsp3) is 0.333. The van der Waals surface area contributed by atoms with Crippen LogP contribution in [0.3, 0.4) is 0 Å². The number of rotatable bonds is 0. The van der Waals surface area contributed by atoms with Crippen LogP contribution in [-0.2, 0) is 4.74 Å². The first-order valence-corrected chi connectivity index (χ1v) is 1.94. The molecule has 0 aromatic rings. The van der Waals surface area contributed by atoms with Gasteiger partial charge in [-0.3, -0.25) is 0 Å². The van der Waals surface area contributed by atoms with Crippen molar-refractivity contribution in [2.24, 2.45) is 0 Å². The fourth-order valence-corrected chi connectivity index (χ4v) is 0.333. The van der Waals surface area contributed by atoms with Crippen molar-refractivity contribution in [1.29, 1.82) is 0 Å². The highest BCUT2D eigenvalue weighted by molar-refractivity contribution is 6.20. The Kier molecular flexibility index (Phi) is 0.511. The third kappa shape index (κ3) is 0.350. The first-order valence-electron chi connectivity index (χ1n) is 1.44. The summed E-state index contributed by atoms with van der Waals surface area (Å²) in [6.45, 7) is 0.777. The molecular formula is C3H3OSi. The first kappa shape index (κ1) is 2.97. The topological polar surface area (TPSA) is 9.23 Å². The average molecular weight is 83.1 g/mol. The number of hydrogen-bond donors (Lipinski definition) is 0. The fourth-order valence-electron chi connectivity index (χ4n) is 0.167. The van der Waals surface area contributed by atoms with Crippen molar-refractivity contribution in [3.63, 3.8) is 0 Å². The van der Waals surface area contributed by atoms with Gasteiger partial charge in [-0.1, -0.05) is 0 Å². The number of ether oxygens (including phenoxy) is 1. The summed E-state index contributed by atoms with van der Waals surface area (Å²) in [5, 5.41) is 0.866. The molecule has 0 fully saturated rings. The maximum absolute atomic E-state index is 4.71. The van der Waals surface area contributed by atoms with Crippen molar-refractivity contribution in [3.8, 4) is 0 Å². The highest BCUT2D eigenvalue weighted by atomic mass is 28.1. The monoisotopic (exact) mass is 83.0 g/mol. The average Bonchev–Trinajstić information content (AvgIpc) is 1.30. The standard InChI is InChI=1S/C3H3OSi/c5-3-1-2-4-3/h1H,2H2. The molecule has 0 atom stereocenters. The molecule has 0 spiro atoms. The molecule has 0 aromatic carbocycles. The van der Waals surface area contributed by atoms with Crippen LogP contribution >= 0.6 is 0 Å². The number of hydrogen-bond acceptors (Lipinski definition) is 1. The van der Waals surface area contributed by atoms with Crippen molar-refractivity contribution < 1.29 is 4.74 Å². The summed E-state index contributed by atoms with van der Waals surface area (Å²) in [6.07, 6.45) is 1.96. The Balaban J connectivity index is 2.51. The van der Waals surface area contributed by atoms with E-state index in [4.69, 9.17) is 4.74 Å². The molecule has 0 saturated heterocycles. The lowest BCUT2D eigenvalue weighted by Crippen LogP contribution is -2.02. The predicted molar refractivity (Wildman–Crippen MR) is 19.8 cm³/mol. The van der Waals surface area contributed by atoms with Crippen LogP contribution in [0, 0.1) is 0 Å². The quantitative estimate of drug-likeness (QED) is 0.375. The van der Waals surface area contributed by atoms with Gasteiger partial charge in [0, 0.05) is 0 Å². The van der Waals surface area contributed by atoms with Gasteiger partial charge in [-0.2, -0.15) is 0 Å². The highest BCUT2D eigenvalue weighted by Gasteiger charge is 1.94. The lowest BCUT2D eigenvalue weighted by molar-refractivity contribution is 0.226. The van der Waals surface area contributed by atoms with Crippen LogP contribution in [0.5, 0.6) is 0 Å². The molecule has 25 valence electrons. The van der Waals surface area contributed by atoms with Gasteiger partial charge in [0.2, 0.25) is 0 Å². The molecule has 5 heavy (non-hydrogen) atoms. The summed E-state index contributed by atoms with van der Waals surface area (Å²) in [4.78, 5) is 0. The second-order valence-corrected chi connectivity index (χ2v) is 1.37. The molecule has 1 heterocycles. The Bertz CT molecular complexity index is 67.3. The Morgan fingerprint density at radius 3 is 2.40 bits per heavy atom. The van der Waals surface area contributed by atoms with Crippen LogP contribution < -0.4 is 0 Å². The molecule has 3 radical (unpaired) electrons. The smallest absolute Gasteiger partial charge is 0.125 e. The van der Waals surface area contributed by atoms with Gasteiger partial charge in [-0.25, -0.2) is 0 Å². The van der Waals surface area contributed by atoms with E-state index in [-0.39, 0.29) is 0 Å². The van der Waals surface area contributed by atoms with Gasteiger partial charge in [-0.05, 0) is 6.08 Å². The second kappa shape index (κ2) is 0.862. The van der Waals surface area contributed by atoms with Crippen molar-refractivity contribution in [2.45, 2.75) is 0 Å². The van der Waals surface area contributed by atoms with Gasteiger partial charge in [0.15, 0.2) is 0 Å². The van der Waals surface area contributed by atoms with Crippen LogP contribution in [0.1, 0.15) is 0 Å². The first-order chi connectivity index (χ1) is 2.39. The van der Waals surface area contributed by atoms with Crippen molar-refractivity contribution in [2.75, 3.05) is 6.61 Å². The van der Waals surface area contributed by atoms with Crippen LogP contribution in [0.4, 0.5) is 0 Å². The van der Waals surface area contributed by atoms with E-state index in [0.29, 0.717) is 0 Å². The molecule has 0 saturated carbocycles. The van der Waals surface area contributed by atoms with Gasteiger partial charge in [0.25, 0.3) is 0 Å². The molecule has 1 aliphatic heterocycles. The molecule has 1 aliphatic rings. The minimum Gasteiger partial charge on any atom is -0.500 e. The molecular weight excluding hydrogens is 80.1 g/mol. The van der Waals surface area contributed by atoms with Crippen LogP contribution in [0.15, 0.2) is 11.5 Å². The molecule has 1 rings (SSSR count). The molecule has 0 aliphatic carbocycles. The second-order valence-electron chi connectivity index (χ2n) is 0.879. The SMILES string of the molecule is [Si]C1=CCO1. The van der Waals surface area contributed by atoms with E-state index in [1.165, 1.54) is 0 Å². The van der Waals surface area contributed by atoms with E-state index >= 15 is 0 Å². The van der Waals surface area contributed by atoms with Gasteiger partial charge in [0.05, 0.1) is 5.38 Å². The van der Waals surface area contributed by atoms with Crippen LogP contribution in [-0.4, -0.2) is 16.8 Å². The van der Waals surface area contributed by atoms with Gasteiger partial charge in [-0.15, -0.1) is 0 Å². The zero-order valence-corrected chi connectivity index (χ0v) is 3.69. The van der Waals surface area contributed by atoms with Gasteiger partial charge < -0.3 is 4.74 Å². The summed E-state index contributed by atoms with van der Waals surface area (Å²) in [7, 11) is 3.14. The summed E-state index contributed by atoms with van der Waals surface area (Å²) < 4.78 is 4.71. The third-order valence-electron chi connectivity index (χ3n) is 0.508. The van der Waals surface area contributed by atoms with Crippen LogP contribution in [0.2, 0.25) is 0 Å². The Morgan fingerprint density at radius 2 is 2.40 bits per heavy atom. The summed E-state index contributed by atoms with van der Waals surface area (Å²) >= 11 is 0. The van der Waals surface area contributed by atoms with Crippen LogP contribution in [0.25, 0.3) is 0 Å². The van der Waals surface area contributed by atoms with E-state index in [1.54, 1.807) is 0 Å². The van der Waals surface area contributed by atoms with E-state index < -0.39 is 0 Å². The minimum atomic E-state index is 0.777. The van der Waals surface area contributed by atoms with Crippen molar-refractivity contribution in [3.05, 3.63) is 11.5 Å². The molecule has 1 nitrogen and oxygen atoms in total. The van der Waals surface area contributed by atoms with E-state index in [9.17, 15) is 0 Å². The Morgan fingerprint density at radius 1 is 2.00 bits per heavy atom. The van der Waals surface area contributed by atoms with Gasteiger partial charge >= 0.3 is 0 Å². The van der Waals surface area contributed by atoms with Crippen molar-refractivity contribution in [1.82, 2.24) is 0 Å². The summed E-state index contributed by atoms with van der Waals surface area (Å²) in [6, 6.07) is 0. The Labute approximate surface area is 34.1 Å². The minimum absolute atomic E-state index is 0.777. The zero-order valence-electron chi connectivity index (χ0n) is 2.69. The maximum atomic E-state index is 4.71. The molecule has 0 amide bonds. The van der Waals surface area contributed by atoms with Crippen molar-refractivity contribution >= 4 is 10.2 Å². The van der Waals surface area contributed by atoms with Gasteiger partial charge in [0.1, 0.15) is 16.8 Å². The summed E-state index contributed by atoms with van der Waals surface area (Å²) in [5.74, 6) is 0. The lowest BCUT2D eigenvalue weighted by atomic mass is 10.6. The summed E-state index contributed by atoms with van der Waals surface area (Å²) in [5.41, 5.74) is 0. The molecule has 2 heteroatoms.